The van der Waals surface area contributed by atoms with Crippen LogP contribution in [-0.4, -0.2) is 27.7 Å². The quantitative estimate of drug-likeness (QED) is 0.781. The summed E-state index contributed by atoms with van der Waals surface area (Å²) in [6.07, 6.45) is 2.78. The van der Waals surface area contributed by atoms with Crippen molar-refractivity contribution in [3.8, 4) is 5.69 Å². The Bertz CT molecular complexity index is 864. The van der Waals surface area contributed by atoms with Crippen molar-refractivity contribution in [2.75, 3.05) is 7.05 Å². The highest BCUT2D eigenvalue weighted by atomic mass is 32.2. The van der Waals surface area contributed by atoms with Crippen LogP contribution < -0.4 is 0 Å². The van der Waals surface area contributed by atoms with Crippen molar-refractivity contribution in [2.45, 2.75) is 27.2 Å². The number of carbonyl (C=O) groups excluding carboxylic acids is 2. The molecule has 0 unspecified atom stereocenters. The average molecular weight is 340 g/mol. The van der Waals surface area contributed by atoms with Gasteiger partial charge in [-0.3, -0.25) is 14.5 Å². The molecule has 2 amide bonds. The molecule has 24 heavy (non-hydrogen) atoms. The number of aryl methyl sites for hydroxylation is 2. The highest BCUT2D eigenvalue weighted by molar-refractivity contribution is 8.18. The molecular weight excluding hydrogens is 320 g/mol. The van der Waals surface area contributed by atoms with Crippen LogP contribution in [0.5, 0.6) is 0 Å². The number of rotatable bonds is 3. The largest absolute Gasteiger partial charge is 0.318 e. The van der Waals surface area contributed by atoms with Gasteiger partial charge in [-0.25, -0.2) is 0 Å². The van der Waals surface area contributed by atoms with E-state index < -0.39 is 0 Å². The number of aromatic nitrogens is 1. The molecular formula is C19H20N2O2S. The average Bonchev–Trinajstić information content (AvgIpc) is 2.98. The second-order valence-corrected chi connectivity index (χ2v) is 6.88. The van der Waals surface area contributed by atoms with Gasteiger partial charge in [0.1, 0.15) is 0 Å². The van der Waals surface area contributed by atoms with Crippen molar-refractivity contribution in [3.05, 3.63) is 57.8 Å². The van der Waals surface area contributed by atoms with Gasteiger partial charge in [-0.2, -0.15) is 0 Å². The number of para-hydroxylation sites is 1. The van der Waals surface area contributed by atoms with Gasteiger partial charge >= 0.3 is 0 Å². The molecule has 1 fully saturated rings. The van der Waals surface area contributed by atoms with E-state index in [1.54, 1.807) is 0 Å². The van der Waals surface area contributed by atoms with E-state index >= 15 is 0 Å². The maximum absolute atomic E-state index is 12.1. The van der Waals surface area contributed by atoms with Gasteiger partial charge in [0.05, 0.1) is 4.91 Å². The minimum absolute atomic E-state index is 0.226. The highest BCUT2D eigenvalue weighted by Crippen LogP contribution is 2.33. The number of carbonyl (C=O) groups is 2. The van der Waals surface area contributed by atoms with Crippen LogP contribution in [0.2, 0.25) is 0 Å². The Morgan fingerprint density at radius 2 is 1.88 bits per heavy atom. The summed E-state index contributed by atoms with van der Waals surface area (Å²) in [5.74, 6) is -0.233. The summed E-state index contributed by atoms with van der Waals surface area (Å²) in [5, 5.41) is -0.226. The van der Waals surface area contributed by atoms with Crippen molar-refractivity contribution >= 4 is 29.0 Å². The highest BCUT2D eigenvalue weighted by Gasteiger charge is 2.32. The number of thioether (sulfide) groups is 1. The van der Waals surface area contributed by atoms with E-state index in [-0.39, 0.29) is 11.1 Å². The molecule has 1 aliphatic rings. The van der Waals surface area contributed by atoms with E-state index in [0.29, 0.717) is 4.91 Å². The molecule has 124 valence electrons. The molecule has 1 aromatic heterocycles. The van der Waals surface area contributed by atoms with Gasteiger partial charge in [-0.1, -0.05) is 25.1 Å². The topological polar surface area (TPSA) is 42.3 Å². The maximum Gasteiger partial charge on any atom is 0.293 e. The summed E-state index contributed by atoms with van der Waals surface area (Å²) in [7, 11) is 1.51. The fourth-order valence-electron chi connectivity index (χ4n) is 3.02. The first-order chi connectivity index (χ1) is 11.4. The van der Waals surface area contributed by atoms with Crippen LogP contribution in [0, 0.1) is 13.8 Å². The summed E-state index contributed by atoms with van der Waals surface area (Å²) >= 11 is 0.993. The zero-order valence-electron chi connectivity index (χ0n) is 14.3. The number of imide groups is 1. The van der Waals surface area contributed by atoms with Crippen LogP contribution in [-0.2, 0) is 11.2 Å². The Balaban J connectivity index is 2.08. The molecule has 0 spiro atoms. The first kappa shape index (κ1) is 16.6. The SMILES string of the molecule is CCc1ccccc1-n1c(C)cc(C=C2SC(=O)N(C)C2=O)c1C. The molecule has 0 atom stereocenters. The maximum atomic E-state index is 12.1. The lowest BCUT2D eigenvalue weighted by molar-refractivity contribution is -0.121. The number of amides is 2. The first-order valence-electron chi connectivity index (χ1n) is 7.92. The van der Waals surface area contributed by atoms with Crippen LogP contribution >= 0.6 is 11.8 Å². The molecule has 0 N–H and O–H groups in total. The summed E-state index contributed by atoms with van der Waals surface area (Å²) in [5.41, 5.74) is 5.59. The van der Waals surface area contributed by atoms with Gasteiger partial charge < -0.3 is 4.57 Å². The van der Waals surface area contributed by atoms with Gasteiger partial charge in [0.25, 0.3) is 11.1 Å². The van der Waals surface area contributed by atoms with Crippen LogP contribution in [0.3, 0.4) is 0 Å². The van der Waals surface area contributed by atoms with E-state index in [9.17, 15) is 9.59 Å². The number of hydrogen-bond donors (Lipinski definition) is 0. The second-order valence-electron chi connectivity index (χ2n) is 5.88. The second kappa shape index (κ2) is 6.32. The molecule has 1 saturated heterocycles. The molecule has 1 aromatic carbocycles. The Morgan fingerprint density at radius 3 is 2.50 bits per heavy atom. The van der Waals surface area contributed by atoms with Gasteiger partial charge in [0.2, 0.25) is 0 Å². The lowest BCUT2D eigenvalue weighted by Gasteiger charge is -2.14. The standard InChI is InChI=1S/C19H20N2O2S/c1-5-14-8-6-7-9-16(14)21-12(2)10-15(13(21)3)11-17-18(22)20(4)19(23)24-17/h6-11H,5H2,1-4H3. The van der Waals surface area contributed by atoms with E-state index in [4.69, 9.17) is 0 Å². The Hall–Kier alpha value is -2.27. The molecule has 4 nitrogen and oxygen atoms in total. The minimum atomic E-state index is -0.233. The predicted molar refractivity (Wildman–Crippen MR) is 98.4 cm³/mol. The van der Waals surface area contributed by atoms with E-state index in [0.717, 1.165) is 40.0 Å². The normalized spacial score (nSPS) is 16.5. The van der Waals surface area contributed by atoms with Gasteiger partial charge in [-0.15, -0.1) is 0 Å². The smallest absolute Gasteiger partial charge is 0.293 e. The summed E-state index contributed by atoms with van der Waals surface area (Å²) in [6.45, 7) is 6.25. The Morgan fingerprint density at radius 1 is 1.17 bits per heavy atom. The number of nitrogens with zero attached hydrogens (tertiary/aromatic N) is 2. The summed E-state index contributed by atoms with van der Waals surface area (Å²) in [6, 6.07) is 10.4. The molecule has 1 aliphatic heterocycles. The third-order valence-electron chi connectivity index (χ3n) is 4.36. The molecule has 0 saturated carbocycles. The van der Waals surface area contributed by atoms with E-state index in [1.165, 1.54) is 18.3 Å². The molecule has 0 aliphatic carbocycles. The minimum Gasteiger partial charge on any atom is -0.318 e. The number of benzene rings is 1. The third kappa shape index (κ3) is 2.69. The fraction of sp³-hybridized carbons (Fsp3) is 0.263. The summed E-state index contributed by atoms with van der Waals surface area (Å²) in [4.78, 5) is 25.4. The zero-order chi connectivity index (χ0) is 17.4. The van der Waals surface area contributed by atoms with E-state index in [2.05, 4.69) is 42.7 Å². The van der Waals surface area contributed by atoms with Gasteiger partial charge in [0.15, 0.2) is 0 Å². The fourth-order valence-corrected chi connectivity index (χ4v) is 3.84. The van der Waals surface area contributed by atoms with Crippen molar-refractivity contribution in [1.82, 2.24) is 9.47 Å². The van der Waals surface area contributed by atoms with Crippen molar-refractivity contribution in [1.29, 1.82) is 0 Å². The van der Waals surface area contributed by atoms with E-state index in [1.807, 2.05) is 19.1 Å². The van der Waals surface area contributed by atoms with Crippen LogP contribution in [0.25, 0.3) is 11.8 Å². The molecule has 3 rings (SSSR count). The molecule has 0 radical (unpaired) electrons. The predicted octanol–water partition coefficient (Wildman–Crippen LogP) is 4.32. The van der Waals surface area contributed by atoms with Crippen molar-refractivity contribution in [2.24, 2.45) is 0 Å². The molecule has 5 heteroatoms. The molecule has 2 aromatic rings. The zero-order valence-corrected chi connectivity index (χ0v) is 15.1. The Labute approximate surface area is 146 Å². The van der Waals surface area contributed by atoms with Gasteiger partial charge in [-0.05, 0) is 61.4 Å². The number of likely N-dealkylation sites (N-methyl/N-ethyl adjacent to an activating group) is 1. The van der Waals surface area contributed by atoms with Crippen molar-refractivity contribution < 1.29 is 9.59 Å². The Kier molecular flexibility index (Phi) is 4.37. The van der Waals surface area contributed by atoms with Crippen LogP contribution in [0.15, 0.2) is 35.2 Å². The summed E-state index contributed by atoms with van der Waals surface area (Å²) < 4.78 is 2.21. The van der Waals surface area contributed by atoms with Crippen LogP contribution in [0.1, 0.15) is 29.4 Å². The van der Waals surface area contributed by atoms with Gasteiger partial charge in [0, 0.05) is 24.1 Å². The lowest BCUT2D eigenvalue weighted by atomic mass is 10.1. The molecule has 0 bridgehead atoms. The number of hydrogen-bond acceptors (Lipinski definition) is 3. The van der Waals surface area contributed by atoms with Crippen molar-refractivity contribution in [3.63, 3.8) is 0 Å². The monoisotopic (exact) mass is 340 g/mol. The third-order valence-corrected chi connectivity index (χ3v) is 5.32. The first-order valence-corrected chi connectivity index (χ1v) is 8.74. The van der Waals surface area contributed by atoms with Crippen LogP contribution in [0.4, 0.5) is 4.79 Å². The molecule has 2 heterocycles. The lowest BCUT2D eigenvalue weighted by Crippen LogP contribution is -2.22.